The number of hydrogen-bond acceptors (Lipinski definition) is 7. The van der Waals surface area contributed by atoms with Crippen LogP contribution in [0, 0.1) is 21.4 Å². The summed E-state index contributed by atoms with van der Waals surface area (Å²) in [6.07, 6.45) is 0.684. The van der Waals surface area contributed by atoms with Gasteiger partial charge in [-0.1, -0.05) is 0 Å². The summed E-state index contributed by atoms with van der Waals surface area (Å²) in [7, 11) is -2.90. The van der Waals surface area contributed by atoms with Crippen LogP contribution in [-0.2, 0) is 9.84 Å². The summed E-state index contributed by atoms with van der Waals surface area (Å²) in [5.41, 5.74) is 0.896. The van der Waals surface area contributed by atoms with Crippen molar-refractivity contribution in [1.82, 2.24) is 4.90 Å². The molecular weight excluding hydrogens is 332 g/mol. The Balaban J connectivity index is 1.69. The van der Waals surface area contributed by atoms with Crippen molar-refractivity contribution in [1.29, 1.82) is 5.26 Å². The maximum absolute atomic E-state index is 11.6. The normalized spacial score (nSPS) is 23.8. The predicted molar refractivity (Wildman–Crippen MR) is 88.7 cm³/mol. The molecule has 2 aliphatic rings. The zero-order chi connectivity index (χ0) is 17.3. The van der Waals surface area contributed by atoms with Gasteiger partial charge in [-0.25, -0.2) is 8.42 Å². The monoisotopic (exact) mass is 350 g/mol. The number of nitro benzene ring substituents is 1. The third kappa shape index (κ3) is 3.34. The molecule has 1 atom stereocenters. The Morgan fingerprint density at radius 3 is 2.50 bits per heavy atom. The summed E-state index contributed by atoms with van der Waals surface area (Å²) in [6.45, 7) is 2.79. The third-order valence-electron chi connectivity index (χ3n) is 4.69. The van der Waals surface area contributed by atoms with Crippen molar-refractivity contribution >= 4 is 21.2 Å². The van der Waals surface area contributed by atoms with Crippen LogP contribution in [0.25, 0.3) is 0 Å². The van der Waals surface area contributed by atoms with Crippen LogP contribution in [-0.4, -0.2) is 62.0 Å². The molecule has 24 heavy (non-hydrogen) atoms. The number of hydrogen-bond donors (Lipinski definition) is 0. The molecule has 0 aliphatic carbocycles. The molecule has 0 bridgehead atoms. The number of non-ortho nitro benzene ring substituents is 1. The number of nitrogens with zero attached hydrogens (tertiary/aromatic N) is 4. The summed E-state index contributed by atoms with van der Waals surface area (Å²) in [5, 5.41) is 20.1. The Kier molecular flexibility index (Phi) is 4.43. The zero-order valence-corrected chi connectivity index (χ0v) is 13.9. The second-order valence-corrected chi connectivity index (χ2v) is 8.38. The molecule has 2 heterocycles. The van der Waals surface area contributed by atoms with Gasteiger partial charge in [0.05, 0.1) is 27.7 Å². The maximum Gasteiger partial charge on any atom is 0.270 e. The first-order valence-corrected chi connectivity index (χ1v) is 9.60. The summed E-state index contributed by atoms with van der Waals surface area (Å²) in [4.78, 5) is 14.5. The molecule has 0 saturated carbocycles. The molecule has 0 spiro atoms. The molecule has 128 valence electrons. The van der Waals surface area contributed by atoms with Gasteiger partial charge >= 0.3 is 0 Å². The van der Waals surface area contributed by atoms with Gasteiger partial charge in [0.1, 0.15) is 6.07 Å². The number of sulfone groups is 1. The van der Waals surface area contributed by atoms with E-state index in [-0.39, 0.29) is 23.2 Å². The third-order valence-corrected chi connectivity index (χ3v) is 6.44. The van der Waals surface area contributed by atoms with Crippen molar-refractivity contribution in [2.75, 3.05) is 42.6 Å². The Bertz CT molecular complexity index is 794. The van der Waals surface area contributed by atoms with Crippen LogP contribution >= 0.6 is 0 Å². The Labute approximate surface area is 140 Å². The summed E-state index contributed by atoms with van der Waals surface area (Å²) in [5.74, 6) is 0.493. The lowest BCUT2D eigenvalue weighted by molar-refractivity contribution is -0.384. The van der Waals surface area contributed by atoms with E-state index in [0.29, 0.717) is 30.8 Å². The van der Waals surface area contributed by atoms with Gasteiger partial charge in [0, 0.05) is 44.4 Å². The minimum absolute atomic E-state index is 0.0875. The second kappa shape index (κ2) is 6.37. The van der Waals surface area contributed by atoms with Gasteiger partial charge < -0.3 is 4.90 Å². The van der Waals surface area contributed by atoms with E-state index < -0.39 is 14.8 Å². The fourth-order valence-electron chi connectivity index (χ4n) is 3.39. The van der Waals surface area contributed by atoms with Gasteiger partial charge in [-0.15, -0.1) is 0 Å². The van der Waals surface area contributed by atoms with E-state index in [1.54, 1.807) is 6.07 Å². The highest BCUT2D eigenvalue weighted by Gasteiger charge is 2.34. The summed E-state index contributed by atoms with van der Waals surface area (Å²) < 4.78 is 23.2. The van der Waals surface area contributed by atoms with Crippen molar-refractivity contribution in [3.8, 4) is 6.07 Å². The van der Waals surface area contributed by atoms with Gasteiger partial charge in [-0.2, -0.15) is 5.26 Å². The first-order valence-electron chi connectivity index (χ1n) is 7.77. The largest absolute Gasteiger partial charge is 0.368 e. The first kappa shape index (κ1) is 16.7. The van der Waals surface area contributed by atoms with Crippen LogP contribution in [0.4, 0.5) is 11.4 Å². The van der Waals surface area contributed by atoms with E-state index in [0.717, 1.165) is 13.1 Å². The number of piperazine rings is 1. The topological polar surface area (TPSA) is 108 Å². The van der Waals surface area contributed by atoms with Crippen molar-refractivity contribution in [3.63, 3.8) is 0 Å². The highest BCUT2D eigenvalue weighted by molar-refractivity contribution is 7.91. The highest BCUT2D eigenvalue weighted by Crippen LogP contribution is 2.27. The van der Waals surface area contributed by atoms with E-state index in [4.69, 9.17) is 0 Å². The standard InChI is InChI=1S/C15H18N4O4S/c16-10-12-9-13(19(20)21)1-2-15(12)18-6-4-17(5-7-18)14-3-8-24(22,23)11-14/h1-2,9,14H,3-8,11H2/t14-/m0/s1. The van der Waals surface area contributed by atoms with Crippen LogP contribution in [0.1, 0.15) is 12.0 Å². The molecule has 2 aliphatic heterocycles. The minimum Gasteiger partial charge on any atom is -0.368 e. The van der Waals surface area contributed by atoms with E-state index in [9.17, 15) is 23.8 Å². The molecule has 9 heteroatoms. The number of nitriles is 1. The number of rotatable bonds is 3. The van der Waals surface area contributed by atoms with E-state index in [2.05, 4.69) is 4.90 Å². The van der Waals surface area contributed by atoms with E-state index in [1.165, 1.54) is 12.1 Å². The smallest absolute Gasteiger partial charge is 0.270 e. The summed E-state index contributed by atoms with van der Waals surface area (Å²) >= 11 is 0. The van der Waals surface area contributed by atoms with Gasteiger partial charge in [-0.05, 0) is 12.5 Å². The molecule has 0 radical (unpaired) electrons. The van der Waals surface area contributed by atoms with Crippen LogP contribution in [0.2, 0.25) is 0 Å². The molecular formula is C15H18N4O4S. The predicted octanol–water partition coefficient (Wildman–Crippen LogP) is 0.776. The van der Waals surface area contributed by atoms with E-state index >= 15 is 0 Å². The molecule has 0 unspecified atom stereocenters. The number of nitro groups is 1. The quantitative estimate of drug-likeness (QED) is 0.585. The van der Waals surface area contributed by atoms with Crippen LogP contribution in [0.5, 0.6) is 0 Å². The SMILES string of the molecule is N#Cc1cc([N+](=O)[O-])ccc1N1CCN([C@H]2CCS(=O)(=O)C2)CC1. The maximum atomic E-state index is 11.6. The fourth-order valence-corrected chi connectivity index (χ4v) is 5.16. The molecule has 2 fully saturated rings. The lowest BCUT2D eigenvalue weighted by atomic mass is 10.1. The zero-order valence-electron chi connectivity index (χ0n) is 13.1. The number of benzene rings is 1. The molecule has 8 nitrogen and oxygen atoms in total. The number of anilines is 1. The second-order valence-electron chi connectivity index (χ2n) is 6.15. The average molecular weight is 350 g/mol. The van der Waals surface area contributed by atoms with Gasteiger partial charge in [0.2, 0.25) is 0 Å². The molecule has 0 N–H and O–H groups in total. The Hall–Kier alpha value is -2.18. The molecule has 1 aromatic rings. The molecule has 3 rings (SSSR count). The molecule has 1 aromatic carbocycles. The molecule has 0 aromatic heterocycles. The highest BCUT2D eigenvalue weighted by atomic mass is 32.2. The fraction of sp³-hybridized carbons (Fsp3) is 0.533. The van der Waals surface area contributed by atoms with Crippen molar-refractivity contribution < 1.29 is 13.3 Å². The Morgan fingerprint density at radius 2 is 1.96 bits per heavy atom. The first-order chi connectivity index (χ1) is 11.4. The van der Waals surface area contributed by atoms with E-state index in [1.807, 2.05) is 11.0 Å². The van der Waals surface area contributed by atoms with Crippen LogP contribution in [0.3, 0.4) is 0 Å². The van der Waals surface area contributed by atoms with Crippen LogP contribution < -0.4 is 4.90 Å². The average Bonchev–Trinajstić information content (AvgIpc) is 2.94. The molecule has 2 saturated heterocycles. The van der Waals surface area contributed by atoms with Crippen molar-refractivity contribution in [2.24, 2.45) is 0 Å². The van der Waals surface area contributed by atoms with Crippen molar-refractivity contribution in [3.05, 3.63) is 33.9 Å². The lowest BCUT2D eigenvalue weighted by Gasteiger charge is -2.39. The van der Waals surface area contributed by atoms with Crippen LogP contribution in [0.15, 0.2) is 18.2 Å². The van der Waals surface area contributed by atoms with Gasteiger partial charge in [0.25, 0.3) is 5.69 Å². The summed E-state index contributed by atoms with van der Waals surface area (Å²) in [6, 6.07) is 6.44. The van der Waals surface area contributed by atoms with Gasteiger partial charge in [0.15, 0.2) is 9.84 Å². The molecule has 0 amide bonds. The minimum atomic E-state index is -2.90. The lowest BCUT2D eigenvalue weighted by Crippen LogP contribution is -2.51. The van der Waals surface area contributed by atoms with Gasteiger partial charge in [-0.3, -0.25) is 15.0 Å². The Morgan fingerprint density at radius 1 is 1.25 bits per heavy atom. The van der Waals surface area contributed by atoms with Crippen molar-refractivity contribution in [2.45, 2.75) is 12.5 Å².